The van der Waals surface area contributed by atoms with Crippen molar-refractivity contribution < 1.29 is 4.79 Å². The molecule has 3 aromatic heterocycles. The van der Waals surface area contributed by atoms with Crippen LogP contribution in [-0.2, 0) is 11.3 Å². The van der Waals surface area contributed by atoms with Crippen molar-refractivity contribution in [3.8, 4) is 11.4 Å². The minimum atomic E-state index is -0.103. The van der Waals surface area contributed by atoms with Gasteiger partial charge in [-0.1, -0.05) is 25.6 Å². The number of nitrogens with zero attached hydrogens (tertiary/aromatic N) is 5. The monoisotopic (exact) mass is 388 g/mol. The SMILES string of the molecule is Cc1csc(NC(=O)CSc2nnc(-c3ccncc3)n2CC(C)C)n1. The molecule has 3 heterocycles. The van der Waals surface area contributed by atoms with Gasteiger partial charge in [-0.05, 0) is 25.0 Å². The van der Waals surface area contributed by atoms with E-state index in [0.717, 1.165) is 28.8 Å². The number of hydrogen-bond donors (Lipinski definition) is 1. The van der Waals surface area contributed by atoms with E-state index in [1.54, 1.807) is 12.4 Å². The van der Waals surface area contributed by atoms with E-state index >= 15 is 0 Å². The van der Waals surface area contributed by atoms with Gasteiger partial charge in [-0.3, -0.25) is 9.78 Å². The van der Waals surface area contributed by atoms with E-state index in [1.807, 2.05) is 24.4 Å². The number of carbonyl (C=O) groups is 1. The number of rotatable bonds is 7. The van der Waals surface area contributed by atoms with Crippen LogP contribution in [0.2, 0.25) is 0 Å². The zero-order valence-electron chi connectivity index (χ0n) is 14.8. The lowest BCUT2D eigenvalue weighted by atomic mass is 10.2. The Morgan fingerprint density at radius 3 is 2.73 bits per heavy atom. The Morgan fingerprint density at radius 2 is 2.08 bits per heavy atom. The molecule has 0 aliphatic heterocycles. The molecule has 26 heavy (non-hydrogen) atoms. The first-order valence-corrected chi connectivity index (χ1v) is 10.1. The van der Waals surface area contributed by atoms with Crippen molar-refractivity contribution in [2.45, 2.75) is 32.5 Å². The topological polar surface area (TPSA) is 85.6 Å². The van der Waals surface area contributed by atoms with Gasteiger partial charge in [0.1, 0.15) is 0 Å². The highest BCUT2D eigenvalue weighted by Gasteiger charge is 2.17. The first kappa shape index (κ1) is 18.5. The third-order valence-corrected chi connectivity index (χ3v) is 5.24. The maximum absolute atomic E-state index is 12.2. The summed E-state index contributed by atoms with van der Waals surface area (Å²) in [4.78, 5) is 20.5. The summed E-state index contributed by atoms with van der Waals surface area (Å²) in [5, 5.41) is 14.7. The number of hydrogen-bond acceptors (Lipinski definition) is 7. The van der Waals surface area contributed by atoms with Gasteiger partial charge in [0, 0.05) is 29.9 Å². The molecule has 0 aliphatic carbocycles. The van der Waals surface area contributed by atoms with Crippen LogP contribution >= 0.6 is 23.1 Å². The Hall–Kier alpha value is -2.26. The molecular weight excluding hydrogens is 368 g/mol. The molecule has 0 saturated heterocycles. The maximum atomic E-state index is 12.2. The van der Waals surface area contributed by atoms with Crippen molar-refractivity contribution in [3.63, 3.8) is 0 Å². The van der Waals surface area contributed by atoms with Crippen molar-refractivity contribution in [2.24, 2.45) is 5.92 Å². The van der Waals surface area contributed by atoms with E-state index < -0.39 is 0 Å². The van der Waals surface area contributed by atoms with Gasteiger partial charge >= 0.3 is 0 Å². The zero-order chi connectivity index (χ0) is 18.5. The normalized spacial score (nSPS) is 11.1. The minimum Gasteiger partial charge on any atom is -0.302 e. The summed E-state index contributed by atoms with van der Waals surface area (Å²) >= 11 is 2.80. The number of thiazole rings is 1. The van der Waals surface area contributed by atoms with Crippen molar-refractivity contribution in [3.05, 3.63) is 35.6 Å². The Bertz CT molecular complexity index is 875. The number of anilines is 1. The second-order valence-corrected chi connectivity index (χ2v) is 7.98. The van der Waals surface area contributed by atoms with Crippen LogP contribution in [-0.4, -0.2) is 36.4 Å². The number of aromatic nitrogens is 5. The Labute approximate surface area is 160 Å². The Kier molecular flexibility index (Phi) is 6.00. The second-order valence-electron chi connectivity index (χ2n) is 6.18. The Morgan fingerprint density at radius 1 is 1.31 bits per heavy atom. The highest BCUT2D eigenvalue weighted by Crippen LogP contribution is 2.25. The molecule has 1 N–H and O–H groups in total. The van der Waals surface area contributed by atoms with Crippen LogP contribution in [0, 0.1) is 12.8 Å². The van der Waals surface area contributed by atoms with Gasteiger partial charge < -0.3 is 9.88 Å². The maximum Gasteiger partial charge on any atom is 0.236 e. The standard InChI is InChI=1S/C17H20N6OS2/c1-11(2)8-23-15(13-4-6-18-7-5-13)21-22-17(23)26-10-14(24)20-16-19-12(3)9-25-16/h4-7,9,11H,8,10H2,1-3H3,(H,19,20,24). The number of carbonyl (C=O) groups excluding carboxylic acids is 1. The summed E-state index contributed by atoms with van der Waals surface area (Å²) in [5.74, 6) is 1.37. The van der Waals surface area contributed by atoms with Gasteiger partial charge in [-0.25, -0.2) is 4.98 Å². The summed E-state index contributed by atoms with van der Waals surface area (Å²) in [6.07, 6.45) is 3.47. The van der Waals surface area contributed by atoms with E-state index in [-0.39, 0.29) is 11.7 Å². The molecule has 0 atom stereocenters. The fourth-order valence-electron chi connectivity index (χ4n) is 2.34. The van der Waals surface area contributed by atoms with Crippen LogP contribution in [0.3, 0.4) is 0 Å². The number of pyridine rings is 1. The molecule has 0 saturated carbocycles. The number of amides is 1. The van der Waals surface area contributed by atoms with E-state index in [2.05, 4.69) is 43.9 Å². The molecule has 0 fully saturated rings. The molecule has 0 unspecified atom stereocenters. The largest absolute Gasteiger partial charge is 0.302 e. The molecule has 0 bridgehead atoms. The molecule has 9 heteroatoms. The van der Waals surface area contributed by atoms with Gasteiger partial charge in [-0.2, -0.15) is 0 Å². The molecule has 7 nitrogen and oxygen atoms in total. The predicted molar refractivity (Wildman–Crippen MR) is 104 cm³/mol. The van der Waals surface area contributed by atoms with Crippen LogP contribution in [0.1, 0.15) is 19.5 Å². The smallest absolute Gasteiger partial charge is 0.236 e. The lowest BCUT2D eigenvalue weighted by Gasteiger charge is -2.12. The predicted octanol–water partition coefficient (Wildman–Crippen LogP) is 3.49. The van der Waals surface area contributed by atoms with Gasteiger partial charge in [0.25, 0.3) is 0 Å². The van der Waals surface area contributed by atoms with Crippen molar-refractivity contribution in [2.75, 3.05) is 11.1 Å². The van der Waals surface area contributed by atoms with Crippen LogP contribution < -0.4 is 5.32 Å². The van der Waals surface area contributed by atoms with Crippen molar-refractivity contribution in [1.29, 1.82) is 0 Å². The molecule has 3 aromatic rings. The zero-order valence-corrected chi connectivity index (χ0v) is 16.5. The summed E-state index contributed by atoms with van der Waals surface area (Å²) < 4.78 is 2.06. The first-order chi connectivity index (χ1) is 12.5. The molecule has 3 rings (SSSR count). The number of aryl methyl sites for hydroxylation is 1. The third-order valence-electron chi connectivity index (χ3n) is 3.40. The van der Waals surface area contributed by atoms with Gasteiger partial charge in [0.05, 0.1) is 11.4 Å². The molecule has 0 spiro atoms. The summed E-state index contributed by atoms with van der Waals surface area (Å²) in [5.41, 5.74) is 1.86. The highest BCUT2D eigenvalue weighted by atomic mass is 32.2. The van der Waals surface area contributed by atoms with Crippen molar-refractivity contribution in [1.82, 2.24) is 24.7 Å². The fraction of sp³-hybridized carbons (Fsp3) is 0.353. The lowest BCUT2D eigenvalue weighted by Crippen LogP contribution is -2.15. The molecular formula is C17H20N6OS2. The van der Waals surface area contributed by atoms with Crippen LogP contribution in [0.5, 0.6) is 0 Å². The molecule has 0 aromatic carbocycles. The van der Waals surface area contributed by atoms with Crippen LogP contribution in [0.25, 0.3) is 11.4 Å². The van der Waals surface area contributed by atoms with Crippen LogP contribution in [0.15, 0.2) is 35.1 Å². The van der Waals surface area contributed by atoms with E-state index in [9.17, 15) is 4.79 Å². The number of nitrogens with one attached hydrogen (secondary N) is 1. The average molecular weight is 389 g/mol. The molecule has 136 valence electrons. The van der Waals surface area contributed by atoms with E-state index in [1.165, 1.54) is 23.1 Å². The van der Waals surface area contributed by atoms with E-state index in [4.69, 9.17) is 0 Å². The second kappa shape index (κ2) is 8.41. The summed E-state index contributed by atoms with van der Waals surface area (Å²) in [7, 11) is 0. The highest BCUT2D eigenvalue weighted by molar-refractivity contribution is 7.99. The average Bonchev–Trinajstić information content (AvgIpc) is 3.19. The van der Waals surface area contributed by atoms with Crippen LogP contribution in [0.4, 0.5) is 5.13 Å². The van der Waals surface area contributed by atoms with Gasteiger partial charge in [-0.15, -0.1) is 21.5 Å². The minimum absolute atomic E-state index is 0.103. The third kappa shape index (κ3) is 4.67. The van der Waals surface area contributed by atoms with Gasteiger partial charge in [0.2, 0.25) is 5.91 Å². The molecule has 1 amide bonds. The van der Waals surface area contributed by atoms with Crippen molar-refractivity contribution >= 4 is 34.1 Å². The molecule has 0 radical (unpaired) electrons. The molecule has 0 aliphatic rings. The van der Waals surface area contributed by atoms with E-state index in [0.29, 0.717) is 11.0 Å². The number of thioether (sulfide) groups is 1. The first-order valence-electron chi connectivity index (χ1n) is 8.21. The summed E-state index contributed by atoms with van der Waals surface area (Å²) in [6.45, 7) is 6.96. The quantitative estimate of drug-likeness (QED) is 0.624. The van der Waals surface area contributed by atoms with Gasteiger partial charge in [0.15, 0.2) is 16.1 Å². The summed E-state index contributed by atoms with van der Waals surface area (Å²) in [6, 6.07) is 3.82. The Balaban J connectivity index is 1.72. The lowest BCUT2D eigenvalue weighted by molar-refractivity contribution is -0.113. The fourth-order valence-corrected chi connectivity index (χ4v) is 3.79.